The quantitative estimate of drug-likeness (QED) is 0.447. The van der Waals surface area contributed by atoms with Crippen LogP contribution in [0, 0.1) is 11.8 Å². The molecule has 5 unspecified atom stereocenters. The Balaban J connectivity index is 2.66. The van der Waals surface area contributed by atoms with E-state index in [1.54, 1.807) is 0 Å². The van der Waals surface area contributed by atoms with Gasteiger partial charge in [0.25, 0.3) is 0 Å². The average molecular weight is 189 g/mol. The Bertz CT molecular complexity index is 145. The molecule has 0 spiro atoms. The molecule has 0 aliphatic heterocycles. The summed E-state index contributed by atoms with van der Waals surface area (Å²) in [4.78, 5) is 0. The SMILES string of the molecule is CNC1CC(CO)C(O)C(O)C1C. The minimum atomic E-state index is -0.787. The Kier molecular flexibility index (Phi) is 3.67. The van der Waals surface area contributed by atoms with Gasteiger partial charge in [0, 0.05) is 18.6 Å². The van der Waals surface area contributed by atoms with Gasteiger partial charge in [-0.3, -0.25) is 0 Å². The number of aliphatic hydroxyl groups is 3. The molecule has 4 N–H and O–H groups in total. The molecule has 0 bridgehead atoms. The summed E-state index contributed by atoms with van der Waals surface area (Å²) in [7, 11) is 1.83. The van der Waals surface area contributed by atoms with Gasteiger partial charge in [0.05, 0.1) is 12.2 Å². The van der Waals surface area contributed by atoms with Gasteiger partial charge >= 0.3 is 0 Å². The van der Waals surface area contributed by atoms with Gasteiger partial charge in [-0.2, -0.15) is 0 Å². The summed E-state index contributed by atoms with van der Waals surface area (Å²) < 4.78 is 0. The second-order valence-electron chi connectivity index (χ2n) is 3.91. The van der Waals surface area contributed by atoms with Crippen molar-refractivity contribution >= 4 is 0 Å². The Labute approximate surface area is 78.6 Å². The molecular formula is C9H19NO3. The van der Waals surface area contributed by atoms with Gasteiger partial charge in [-0.1, -0.05) is 6.92 Å². The van der Waals surface area contributed by atoms with Crippen LogP contribution in [0.4, 0.5) is 0 Å². The lowest BCUT2D eigenvalue weighted by molar-refractivity contribution is -0.0939. The van der Waals surface area contributed by atoms with Crippen LogP contribution >= 0.6 is 0 Å². The van der Waals surface area contributed by atoms with E-state index in [9.17, 15) is 10.2 Å². The molecule has 0 heterocycles. The highest BCUT2D eigenvalue weighted by atomic mass is 16.3. The zero-order valence-corrected chi connectivity index (χ0v) is 8.14. The van der Waals surface area contributed by atoms with Gasteiger partial charge in [-0.05, 0) is 19.4 Å². The summed E-state index contributed by atoms with van der Waals surface area (Å²) in [6.45, 7) is 1.84. The maximum Gasteiger partial charge on any atom is 0.0852 e. The summed E-state index contributed by atoms with van der Waals surface area (Å²) >= 11 is 0. The smallest absolute Gasteiger partial charge is 0.0852 e. The lowest BCUT2D eigenvalue weighted by Crippen LogP contribution is -2.53. The van der Waals surface area contributed by atoms with E-state index in [0.717, 1.165) is 0 Å². The van der Waals surface area contributed by atoms with E-state index in [1.807, 2.05) is 14.0 Å². The zero-order valence-electron chi connectivity index (χ0n) is 8.14. The molecule has 1 aliphatic rings. The molecule has 0 radical (unpaired) electrons. The molecule has 4 heteroatoms. The zero-order chi connectivity index (χ0) is 10.0. The van der Waals surface area contributed by atoms with Crippen LogP contribution in [0.5, 0.6) is 0 Å². The molecule has 1 fully saturated rings. The third-order valence-electron chi connectivity index (χ3n) is 3.17. The molecule has 0 amide bonds. The summed E-state index contributed by atoms with van der Waals surface area (Å²) in [5.74, 6) is -0.175. The van der Waals surface area contributed by atoms with Crippen LogP contribution in [0.3, 0.4) is 0 Å². The van der Waals surface area contributed by atoms with Gasteiger partial charge < -0.3 is 20.6 Å². The molecule has 13 heavy (non-hydrogen) atoms. The van der Waals surface area contributed by atoms with E-state index in [0.29, 0.717) is 6.42 Å². The van der Waals surface area contributed by atoms with Gasteiger partial charge in [0.2, 0.25) is 0 Å². The second-order valence-corrected chi connectivity index (χ2v) is 3.91. The third-order valence-corrected chi connectivity index (χ3v) is 3.17. The van der Waals surface area contributed by atoms with Crippen LogP contribution in [-0.4, -0.2) is 47.2 Å². The van der Waals surface area contributed by atoms with Crippen LogP contribution in [0.2, 0.25) is 0 Å². The first kappa shape index (κ1) is 10.9. The van der Waals surface area contributed by atoms with Gasteiger partial charge in [-0.25, -0.2) is 0 Å². The molecule has 78 valence electrons. The Morgan fingerprint density at radius 3 is 2.38 bits per heavy atom. The number of hydrogen-bond acceptors (Lipinski definition) is 4. The first-order valence-corrected chi connectivity index (χ1v) is 4.76. The minimum absolute atomic E-state index is 0.0304. The number of nitrogens with one attached hydrogen (secondary N) is 1. The highest BCUT2D eigenvalue weighted by Gasteiger charge is 2.39. The Morgan fingerprint density at radius 2 is 1.92 bits per heavy atom. The van der Waals surface area contributed by atoms with E-state index >= 15 is 0 Å². The fourth-order valence-electron chi connectivity index (χ4n) is 2.07. The topological polar surface area (TPSA) is 72.7 Å². The molecule has 1 rings (SSSR count). The van der Waals surface area contributed by atoms with Crippen molar-refractivity contribution in [1.82, 2.24) is 5.32 Å². The number of hydrogen-bond donors (Lipinski definition) is 4. The van der Waals surface area contributed by atoms with E-state index in [-0.39, 0.29) is 24.5 Å². The van der Waals surface area contributed by atoms with Crippen LogP contribution in [-0.2, 0) is 0 Å². The van der Waals surface area contributed by atoms with Crippen molar-refractivity contribution in [3.05, 3.63) is 0 Å². The van der Waals surface area contributed by atoms with E-state index in [4.69, 9.17) is 5.11 Å². The van der Waals surface area contributed by atoms with Crippen molar-refractivity contribution in [3.8, 4) is 0 Å². The standard InChI is InChI=1S/C9H19NO3/c1-5-7(10-2)3-6(4-11)9(13)8(5)12/h5-13H,3-4H2,1-2H3. The normalized spacial score (nSPS) is 46.4. The predicted molar refractivity (Wildman–Crippen MR) is 49.2 cm³/mol. The van der Waals surface area contributed by atoms with Crippen LogP contribution < -0.4 is 5.32 Å². The molecule has 5 atom stereocenters. The van der Waals surface area contributed by atoms with Crippen molar-refractivity contribution in [1.29, 1.82) is 0 Å². The number of aliphatic hydroxyl groups excluding tert-OH is 3. The van der Waals surface area contributed by atoms with Crippen molar-refractivity contribution < 1.29 is 15.3 Å². The van der Waals surface area contributed by atoms with Gasteiger partial charge in [-0.15, -0.1) is 0 Å². The van der Waals surface area contributed by atoms with Crippen molar-refractivity contribution in [2.75, 3.05) is 13.7 Å². The van der Waals surface area contributed by atoms with Gasteiger partial charge in [0.15, 0.2) is 0 Å². The second kappa shape index (κ2) is 4.37. The Hall–Kier alpha value is -0.160. The largest absolute Gasteiger partial charge is 0.396 e. The highest BCUT2D eigenvalue weighted by molar-refractivity contribution is 4.92. The van der Waals surface area contributed by atoms with E-state index < -0.39 is 12.2 Å². The third kappa shape index (κ3) is 2.02. The van der Waals surface area contributed by atoms with Crippen LogP contribution in [0.1, 0.15) is 13.3 Å². The summed E-state index contributed by atoms with van der Waals surface area (Å²) in [6.07, 6.45) is -0.806. The van der Waals surface area contributed by atoms with E-state index in [2.05, 4.69) is 5.32 Å². The molecule has 0 aromatic carbocycles. The first-order chi connectivity index (χ1) is 6.11. The summed E-state index contributed by atoms with van der Waals surface area (Å²) in [5, 5.41) is 31.3. The molecular weight excluding hydrogens is 170 g/mol. The fourth-order valence-corrected chi connectivity index (χ4v) is 2.07. The van der Waals surface area contributed by atoms with Crippen molar-refractivity contribution in [2.24, 2.45) is 11.8 Å². The van der Waals surface area contributed by atoms with Crippen molar-refractivity contribution in [3.63, 3.8) is 0 Å². The monoisotopic (exact) mass is 189 g/mol. The lowest BCUT2D eigenvalue weighted by Gasteiger charge is -2.40. The maximum absolute atomic E-state index is 9.65. The average Bonchev–Trinajstić information content (AvgIpc) is 2.15. The predicted octanol–water partition coefficient (Wildman–Crippen LogP) is -1.06. The lowest BCUT2D eigenvalue weighted by atomic mass is 9.75. The Morgan fingerprint density at radius 1 is 1.31 bits per heavy atom. The minimum Gasteiger partial charge on any atom is -0.396 e. The summed E-state index contributed by atoms with van der Waals surface area (Å²) in [5.41, 5.74) is 0. The highest BCUT2D eigenvalue weighted by Crippen LogP contribution is 2.29. The summed E-state index contributed by atoms with van der Waals surface area (Å²) in [6, 6.07) is 0.176. The molecule has 0 saturated heterocycles. The van der Waals surface area contributed by atoms with Crippen LogP contribution in [0.15, 0.2) is 0 Å². The molecule has 1 aliphatic carbocycles. The maximum atomic E-state index is 9.65. The van der Waals surface area contributed by atoms with Crippen molar-refractivity contribution in [2.45, 2.75) is 31.6 Å². The van der Waals surface area contributed by atoms with E-state index in [1.165, 1.54) is 0 Å². The molecule has 4 nitrogen and oxygen atoms in total. The molecule has 0 aromatic rings. The number of rotatable bonds is 2. The molecule has 0 aromatic heterocycles. The fraction of sp³-hybridized carbons (Fsp3) is 1.00. The van der Waals surface area contributed by atoms with Gasteiger partial charge in [0.1, 0.15) is 0 Å². The molecule has 1 saturated carbocycles. The first-order valence-electron chi connectivity index (χ1n) is 4.76. The van der Waals surface area contributed by atoms with Crippen LogP contribution in [0.25, 0.3) is 0 Å².